The fourth-order valence-corrected chi connectivity index (χ4v) is 3.31. The van der Waals surface area contributed by atoms with Crippen molar-refractivity contribution in [3.8, 4) is 0 Å². The SMILES string of the molecule is CCOC(=O)C(C)C1(c2[c]cccc2)CCCCC1. The third kappa shape index (κ3) is 2.83. The van der Waals surface area contributed by atoms with Crippen LogP contribution in [0.4, 0.5) is 0 Å². The fourth-order valence-electron chi connectivity index (χ4n) is 3.31. The molecule has 0 amide bonds. The van der Waals surface area contributed by atoms with Gasteiger partial charge in [-0.25, -0.2) is 0 Å². The molecule has 0 spiro atoms. The largest absolute Gasteiger partial charge is 0.466 e. The van der Waals surface area contributed by atoms with E-state index in [1.165, 1.54) is 24.8 Å². The van der Waals surface area contributed by atoms with Gasteiger partial charge < -0.3 is 4.74 Å². The third-order valence-electron chi connectivity index (χ3n) is 4.46. The molecule has 1 atom stereocenters. The maximum absolute atomic E-state index is 12.2. The number of hydrogen-bond donors (Lipinski definition) is 0. The van der Waals surface area contributed by atoms with Gasteiger partial charge in [-0.1, -0.05) is 50.5 Å². The molecule has 0 saturated heterocycles. The van der Waals surface area contributed by atoms with Crippen molar-refractivity contribution in [1.82, 2.24) is 0 Å². The lowest BCUT2D eigenvalue weighted by molar-refractivity contribution is -0.150. The van der Waals surface area contributed by atoms with E-state index in [-0.39, 0.29) is 17.3 Å². The Kier molecular flexibility index (Phi) is 4.62. The summed E-state index contributed by atoms with van der Waals surface area (Å²) < 4.78 is 5.25. The summed E-state index contributed by atoms with van der Waals surface area (Å²) in [6, 6.07) is 11.4. The molecule has 1 saturated carbocycles. The molecule has 0 aromatic heterocycles. The van der Waals surface area contributed by atoms with Gasteiger partial charge in [-0.15, -0.1) is 0 Å². The molecule has 1 fully saturated rings. The Morgan fingerprint density at radius 3 is 2.68 bits per heavy atom. The molecule has 1 unspecified atom stereocenters. The zero-order valence-corrected chi connectivity index (χ0v) is 11.9. The summed E-state index contributed by atoms with van der Waals surface area (Å²) in [5, 5.41) is 0. The van der Waals surface area contributed by atoms with Gasteiger partial charge in [-0.2, -0.15) is 0 Å². The molecule has 1 radical (unpaired) electrons. The molecule has 1 aromatic rings. The van der Waals surface area contributed by atoms with Gasteiger partial charge in [0.2, 0.25) is 0 Å². The van der Waals surface area contributed by atoms with Crippen molar-refractivity contribution in [3.63, 3.8) is 0 Å². The van der Waals surface area contributed by atoms with Gasteiger partial charge in [0.15, 0.2) is 0 Å². The molecule has 0 bridgehead atoms. The van der Waals surface area contributed by atoms with E-state index in [1.807, 2.05) is 32.0 Å². The predicted molar refractivity (Wildman–Crippen MR) is 75.8 cm³/mol. The lowest BCUT2D eigenvalue weighted by atomic mass is 9.62. The van der Waals surface area contributed by atoms with Crippen LogP contribution >= 0.6 is 0 Å². The van der Waals surface area contributed by atoms with Gasteiger partial charge in [0.1, 0.15) is 0 Å². The lowest BCUT2D eigenvalue weighted by Crippen LogP contribution is -2.41. The Bertz CT molecular complexity index is 405. The van der Waals surface area contributed by atoms with Crippen LogP contribution in [0.1, 0.15) is 51.5 Å². The van der Waals surface area contributed by atoms with E-state index in [1.54, 1.807) is 0 Å². The molecule has 19 heavy (non-hydrogen) atoms. The van der Waals surface area contributed by atoms with Gasteiger partial charge >= 0.3 is 5.97 Å². The molecule has 1 aromatic carbocycles. The van der Waals surface area contributed by atoms with Gasteiger partial charge in [-0.05, 0) is 31.4 Å². The maximum atomic E-state index is 12.2. The number of benzene rings is 1. The van der Waals surface area contributed by atoms with Crippen LogP contribution in [0, 0.1) is 12.0 Å². The first-order valence-electron chi connectivity index (χ1n) is 7.34. The van der Waals surface area contributed by atoms with Gasteiger partial charge in [0, 0.05) is 5.41 Å². The molecule has 2 nitrogen and oxygen atoms in total. The second-order valence-corrected chi connectivity index (χ2v) is 5.47. The van der Waals surface area contributed by atoms with Crippen LogP contribution in [0.25, 0.3) is 0 Å². The molecule has 2 rings (SSSR count). The summed E-state index contributed by atoms with van der Waals surface area (Å²) in [7, 11) is 0. The van der Waals surface area contributed by atoms with Crippen molar-refractivity contribution in [2.45, 2.75) is 51.4 Å². The van der Waals surface area contributed by atoms with E-state index in [0.717, 1.165) is 12.8 Å². The van der Waals surface area contributed by atoms with E-state index in [0.29, 0.717) is 6.61 Å². The van der Waals surface area contributed by atoms with Crippen LogP contribution in [-0.2, 0) is 14.9 Å². The standard InChI is InChI=1S/C17H23O2/c1-3-19-16(18)14(2)17(12-8-5-9-13-17)15-10-6-4-7-11-15/h4,6-7,10,14H,3,5,8-9,12-13H2,1-2H3. The highest BCUT2D eigenvalue weighted by molar-refractivity contribution is 5.74. The Morgan fingerprint density at radius 1 is 1.37 bits per heavy atom. The maximum Gasteiger partial charge on any atom is 0.309 e. The summed E-state index contributed by atoms with van der Waals surface area (Å²) in [6.07, 6.45) is 5.77. The Labute approximate surface area is 116 Å². The minimum atomic E-state index is -0.0913. The minimum absolute atomic E-state index is 0.0679. The van der Waals surface area contributed by atoms with Crippen LogP contribution in [0.5, 0.6) is 0 Å². The highest BCUT2D eigenvalue weighted by atomic mass is 16.5. The minimum Gasteiger partial charge on any atom is -0.466 e. The van der Waals surface area contributed by atoms with Crippen molar-refractivity contribution in [2.24, 2.45) is 5.92 Å². The van der Waals surface area contributed by atoms with Crippen LogP contribution in [0.3, 0.4) is 0 Å². The topological polar surface area (TPSA) is 26.3 Å². The molecule has 2 heteroatoms. The molecular weight excluding hydrogens is 236 g/mol. The van der Waals surface area contributed by atoms with Gasteiger partial charge in [0.05, 0.1) is 12.5 Å². The first-order valence-corrected chi connectivity index (χ1v) is 7.34. The van der Waals surface area contributed by atoms with Crippen LogP contribution in [0.2, 0.25) is 0 Å². The second-order valence-electron chi connectivity index (χ2n) is 5.47. The van der Waals surface area contributed by atoms with E-state index in [2.05, 4.69) is 12.1 Å². The molecule has 0 aliphatic heterocycles. The molecule has 0 N–H and O–H groups in total. The zero-order chi connectivity index (χ0) is 13.7. The molecule has 1 aliphatic rings. The summed E-state index contributed by atoms with van der Waals surface area (Å²) in [5.41, 5.74) is 1.10. The first kappa shape index (κ1) is 14.1. The fraction of sp³-hybridized carbons (Fsp3) is 0.588. The van der Waals surface area contributed by atoms with Crippen molar-refractivity contribution in [2.75, 3.05) is 6.61 Å². The third-order valence-corrected chi connectivity index (χ3v) is 4.46. The van der Waals surface area contributed by atoms with E-state index >= 15 is 0 Å². The summed E-state index contributed by atoms with van der Waals surface area (Å²) in [4.78, 5) is 12.2. The summed E-state index contributed by atoms with van der Waals surface area (Å²) >= 11 is 0. The van der Waals surface area contributed by atoms with Crippen molar-refractivity contribution in [1.29, 1.82) is 0 Å². The number of rotatable bonds is 4. The van der Waals surface area contributed by atoms with Gasteiger partial charge in [-0.3, -0.25) is 4.79 Å². The zero-order valence-electron chi connectivity index (χ0n) is 11.9. The monoisotopic (exact) mass is 259 g/mol. The molecular formula is C17H23O2. The summed E-state index contributed by atoms with van der Waals surface area (Å²) in [6.45, 7) is 4.34. The predicted octanol–water partition coefficient (Wildman–Crippen LogP) is 3.89. The highest BCUT2D eigenvalue weighted by Crippen LogP contribution is 2.45. The number of ether oxygens (including phenoxy) is 1. The highest BCUT2D eigenvalue weighted by Gasteiger charge is 2.43. The molecule has 1 aliphatic carbocycles. The van der Waals surface area contributed by atoms with Crippen molar-refractivity contribution >= 4 is 5.97 Å². The Hall–Kier alpha value is -1.31. The molecule has 103 valence electrons. The van der Waals surface area contributed by atoms with E-state index in [4.69, 9.17) is 4.74 Å². The number of esters is 1. The van der Waals surface area contributed by atoms with E-state index in [9.17, 15) is 4.79 Å². The normalized spacial score (nSPS) is 19.7. The van der Waals surface area contributed by atoms with E-state index < -0.39 is 0 Å². The van der Waals surface area contributed by atoms with Crippen LogP contribution in [-0.4, -0.2) is 12.6 Å². The van der Waals surface area contributed by atoms with Crippen molar-refractivity contribution < 1.29 is 9.53 Å². The Morgan fingerprint density at radius 2 is 2.11 bits per heavy atom. The number of carbonyl (C=O) groups excluding carboxylic acids is 1. The average molecular weight is 259 g/mol. The van der Waals surface area contributed by atoms with Gasteiger partial charge in [0.25, 0.3) is 0 Å². The smallest absolute Gasteiger partial charge is 0.309 e. The second kappa shape index (κ2) is 6.23. The van der Waals surface area contributed by atoms with Crippen molar-refractivity contribution in [3.05, 3.63) is 35.9 Å². The summed E-state index contributed by atoms with van der Waals surface area (Å²) in [5.74, 6) is -0.159. The average Bonchev–Trinajstić information content (AvgIpc) is 2.48. The lowest BCUT2D eigenvalue weighted by Gasteiger charge is -2.41. The molecule has 0 heterocycles. The number of hydrogen-bond acceptors (Lipinski definition) is 2. The first-order chi connectivity index (χ1) is 9.20. The van der Waals surface area contributed by atoms with Crippen LogP contribution < -0.4 is 0 Å². The number of carbonyl (C=O) groups is 1. The van der Waals surface area contributed by atoms with Crippen LogP contribution in [0.15, 0.2) is 24.3 Å². The quantitative estimate of drug-likeness (QED) is 0.767. The Balaban J connectivity index is 2.32.